The summed E-state index contributed by atoms with van der Waals surface area (Å²) >= 11 is 0. The van der Waals surface area contributed by atoms with Crippen molar-refractivity contribution in [2.45, 2.75) is 32.5 Å². The molecule has 0 bridgehead atoms. The Hall–Kier alpha value is -1.74. The zero-order chi connectivity index (χ0) is 15.4. The summed E-state index contributed by atoms with van der Waals surface area (Å²) in [6.07, 6.45) is -4.54. The number of benzene rings is 1. The van der Waals surface area contributed by atoms with E-state index >= 15 is 0 Å². The molecule has 1 aromatic rings. The molecule has 0 atom stereocenters. The first-order valence-electron chi connectivity index (χ1n) is 6.12. The number of halogens is 3. The summed E-state index contributed by atoms with van der Waals surface area (Å²) < 4.78 is 43.7. The standard InChI is InChI=1S/C14H17F3N2O/c1-13(2,3)20-7-6-19-11-5-4-10(9-18)12(8-11)14(15,16)17/h4-5,8,19H,6-7H2,1-3H3. The van der Waals surface area contributed by atoms with Crippen LogP contribution in [0, 0.1) is 11.3 Å². The van der Waals surface area contributed by atoms with E-state index in [1.54, 1.807) is 6.07 Å². The summed E-state index contributed by atoms with van der Waals surface area (Å²) in [7, 11) is 0. The molecule has 0 aliphatic carbocycles. The Morgan fingerprint density at radius 1 is 1.25 bits per heavy atom. The van der Waals surface area contributed by atoms with Gasteiger partial charge in [-0.25, -0.2) is 0 Å². The molecule has 1 N–H and O–H groups in total. The number of anilines is 1. The molecule has 0 unspecified atom stereocenters. The summed E-state index contributed by atoms with van der Waals surface area (Å²) in [6.45, 7) is 6.47. The predicted molar refractivity (Wildman–Crippen MR) is 70.4 cm³/mol. The third-order valence-corrected chi connectivity index (χ3v) is 2.41. The lowest BCUT2D eigenvalue weighted by Gasteiger charge is -2.20. The average molecular weight is 286 g/mol. The number of alkyl halides is 3. The van der Waals surface area contributed by atoms with Gasteiger partial charge < -0.3 is 10.1 Å². The molecule has 0 saturated carbocycles. The van der Waals surface area contributed by atoms with Crippen LogP contribution in [0.1, 0.15) is 31.9 Å². The van der Waals surface area contributed by atoms with Crippen LogP contribution in [0.4, 0.5) is 18.9 Å². The minimum atomic E-state index is -4.54. The second kappa shape index (κ2) is 6.14. The van der Waals surface area contributed by atoms with Gasteiger partial charge in [-0.2, -0.15) is 18.4 Å². The van der Waals surface area contributed by atoms with Gasteiger partial charge in [-0.15, -0.1) is 0 Å². The van der Waals surface area contributed by atoms with Crippen molar-refractivity contribution in [2.24, 2.45) is 0 Å². The molecule has 0 spiro atoms. The van der Waals surface area contributed by atoms with E-state index in [0.717, 1.165) is 12.1 Å². The molecule has 0 heterocycles. The van der Waals surface area contributed by atoms with Crippen molar-refractivity contribution in [3.8, 4) is 6.07 Å². The van der Waals surface area contributed by atoms with Crippen LogP contribution < -0.4 is 5.32 Å². The lowest BCUT2D eigenvalue weighted by molar-refractivity contribution is -0.137. The minimum absolute atomic E-state index is 0.288. The van der Waals surface area contributed by atoms with Gasteiger partial charge in [0.2, 0.25) is 0 Å². The molecular formula is C14H17F3N2O. The molecule has 0 radical (unpaired) electrons. The molecule has 1 rings (SSSR count). The van der Waals surface area contributed by atoms with E-state index in [1.165, 1.54) is 6.07 Å². The Morgan fingerprint density at radius 3 is 2.40 bits per heavy atom. The molecule has 6 heteroatoms. The van der Waals surface area contributed by atoms with Crippen molar-refractivity contribution in [2.75, 3.05) is 18.5 Å². The Kier molecular flexibility index (Phi) is 5.01. The maximum Gasteiger partial charge on any atom is 0.417 e. The molecule has 0 fully saturated rings. The summed E-state index contributed by atoms with van der Waals surface area (Å²) in [6, 6.07) is 5.10. The summed E-state index contributed by atoms with van der Waals surface area (Å²) in [5.74, 6) is 0. The van der Waals surface area contributed by atoms with E-state index in [9.17, 15) is 13.2 Å². The highest BCUT2D eigenvalue weighted by atomic mass is 19.4. The maximum absolute atomic E-state index is 12.8. The monoisotopic (exact) mass is 286 g/mol. The van der Waals surface area contributed by atoms with Gasteiger partial charge in [-0.1, -0.05) is 0 Å². The highest BCUT2D eigenvalue weighted by molar-refractivity contribution is 5.53. The third-order valence-electron chi connectivity index (χ3n) is 2.41. The van der Waals surface area contributed by atoms with E-state index in [-0.39, 0.29) is 11.2 Å². The first-order chi connectivity index (χ1) is 9.13. The van der Waals surface area contributed by atoms with Crippen LogP contribution in [0.5, 0.6) is 0 Å². The van der Waals surface area contributed by atoms with Crippen LogP contribution in [0.3, 0.4) is 0 Å². The number of hydrogen-bond donors (Lipinski definition) is 1. The molecule has 3 nitrogen and oxygen atoms in total. The zero-order valence-corrected chi connectivity index (χ0v) is 11.6. The quantitative estimate of drug-likeness (QED) is 0.856. The summed E-state index contributed by atoms with van der Waals surface area (Å²) in [5.41, 5.74) is -1.28. The number of ether oxygens (including phenoxy) is 1. The Morgan fingerprint density at radius 2 is 1.90 bits per heavy atom. The van der Waals surface area contributed by atoms with Crippen LogP contribution >= 0.6 is 0 Å². The number of nitriles is 1. The van der Waals surface area contributed by atoms with Crippen molar-refractivity contribution in [1.29, 1.82) is 5.26 Å². The Balaban J connectivity index is 2.72. The topological polar surface area (TPSA) is 45.0 Å². The van der Waals surface area contributed by atoms with E-state index in [4.69, 9.17) is 10.00 Å². The Bertz CT molecular complexity index is 499. The summed E-state index contributed by atoms with van der Waals surface area (Å²) in [4.78, 5) is 0. The average Bonchev–Trinajstić information content (AvgIpc) is 2.32. The predicted octanol–water partition coefficient (Wildman–Crippen LogP) is 3.80. The maximum atomic E-state index is 12.8. The van der Waals surface area contributed by atoms with Crippen molar-refractivity contribution in [1.82, 2.24) is 0 Å². The largest absolute Gasteiger partial charge is 0.417 e. The van der Waals surface area contributed by atoms with Crippen LogP contribution in [0.2, 0.25) is 0 Å². The third kappa shape index (κ3) is 5.10. The van der Waals surface area contributed by atoms with E-state index < -0.39 is 11.7 Å². The van der Waals surface area contributed by atoms with Gasteiger partial charge in [0, 0.05) is 12.2 Å². The summed E-state index contributed by atoms with van der Waals surface area (Å²) in [5, 5.41) is 11.5. The van der Waals surface area contributed by atoms with Crippen LogP contribution in [-0.4, -0.2) is 18.8 Å². The second-order valence-corrected chi connectivity index (χ2v) is 5.26. The van der Waals surface area contributed by atoms with E-state index in [2.05, 4.69) is 5.32 Å². The first kappa shape index (κ1) is 16.3. The van der Waals surface area contributed by atoms with Gasteiger partial charge in [0.1, 0.15) is 0 Å². The zero-order valence-electron chi connectivity index (χ0n) is 11.6. The van der Waals surface area contributed by atoms with Gasteiger partial charge in [-0.3, -0.25) is 0 Å². The fourth-order valence-corrected chi connectivity index (χ4v) is 1.54. The fourth-order valence-electron chi connectivity index (χ4n) is 1.54. The van der Waals surface area contributed by atoms with Crippen LogP contribution in [-0.2, 0) is 10.9 Å². The molecule has 0 saturated heterocycles. The van der Waals surface area contributed by atoms with Crippen molar-refractivity contribution in [3.63, 3.8) is 0 Å². The molecule has 1 aromatic carbocycles. The molecule has 0 aliphatic rings. The molecule has 110 valence electrons. The fraction of sp³-hybridized carbons (Fsp3) is 0.500. The smallest absolute Gasteiger partial charge is 0.383 e. The lowest BCUT2D eigenvalue weighted by Crippen LogP contribution is -2.23. The van der Waals surface area contributed by atoms with Gasteiger partial charge >= 0.3 is 6.18 Å². The molecule has 0 amide bonds. The number of nitrogens with one attached hydrogen (secondary N) is 1. The van der Waals surface area contributed by atoms with Crippen molar-refractivity contribution >= 4 is 5.69 Å². The van der Waals surface area contributed by atoms with Crippen molar-refractivity contribution in [3.05, 3.63) is 29.3 Å². The molecule has 0 aliphatic heterocycles. The van der Waals surface area contributed by atoms with Crippen molar-refractivity contribution < 1.29 is 17.9 Å². The first-order valence-corrected chi connectivity index (χ1v) is 6.12. The number of hydrogen-bond acceptors (Lipinski definition) is 3. The van der Waals surface area contributed by atoms with Crippen LogP contribution in [0.25, 0.3) is 0 Å². The minimum Gasteiger partial charge on any atom is -0.383 e. The van der Waals surface area contributed by atoms with Gasteiger partial charge in [0.25, 0.3) is 0 Å². The normalized spacial score (nSPS) is 12.1. The lowest BCUT2D eigenvalue weighted by atomic mass is 10.1. The molecule has 20 heavy (non-hydrogen) atoms. The SMILES string of the molecule is CC(C)(C)OCCNc1ccc(C#N)c(C(F)(F)F)c1. The van der Waals surface area contributed by atoms with Gasteiger partial charge in [0.05, 0.1) is 29.4 Å². The molecule has 0 aromatic heterocycles. The van der Waals surface area contributed by atoms with Gasteiger partial charge in [0.15, 0.2) is 0 Å². The number of rotatable bonds is 4. The number of nitrogens with zero attached hydrogens (tertiary/aromatic N) is 1. The highest BCUT2D eigenvalue weighted by Crippen LogP contribution is 2.33. The van der Waals surface area contributed by atoms with Gasteiger partial charge in [-0.05, 0) is 39.0 Å². The van der Waals surface area contributed by atoms with E-state index in [0.29, 0.717) is 18.8 Å². The second-order valence-electron chi connectivity index (χ2n) is 5.26. The van der Waals surface area contributed by atoms with E-state index in [1.807, 2.05) is 20.8 Å². The van der Waals surface area contributed by atoms with Crippen LogP contribution in [0.15, 0.2) is 18.2 Å². The molecular weight excluding hydrogens is 269 g/mol. The highest BCUT2D eigenvalue weighted by Gasteiger charge is 2.33. The Labute approximate surface area is 116 Å².